The molecule has 0 saturated heterocycles. The molecule has 0 N–H and O–H groups in total. The van der Waals surface area contributed by atoms with Crippen LogP contribution in [-0.4, -0.2) is 14.4 Å². The summed E-state index contributed by atoms with van der Waals surface area (Å²) in [6, 6.07) is 46.5. The van der Waals surface area contributed by atoms with E-state index in [-0.39, 0.29) is 5.41 Å². The summed E-state index contributed by atoms with van der Waals surface area (Å²) in [6.45, 7) is 6.96. The number of benzene rings is 6. The van der Waals surface area contributed by atoms with Gasteiger partial charge in [0.25, 0.3) is 0 Å². The maximum Gasteiger partial charge on any atom is 0.146 e. The Kier molecular flexibility index (Phi) is 5.61. The molecular weight excluding hydrogens is 583 g/mol. The number of hydrogen-bond acceptors (Lipinski definition) is 2. The molecule has 228 valence electrons. The third-order valence-corrected chi connectivity index (χ3v) is 9.97. The molecule has 0 radical (unpaired) electrons. The zero-order valence-corrected chi connectivity index (χ0v) is 27.3. The fourth-order valence-corrected chi connectivity index (χ4v) is 8.03. The number of fused-ring (bicyclic) bond motifs is 8. The molecule has 4 heterocycles. The number of pyridine rings is 3. The highest BCUT2D eigenvalue weighted by Crippen LogP contribution is 2.43. The van der Waals surface area contributed by atoms with Crippen molar-refractivity contribution in [3.63, 3.8) is 0 Å². The molecule has 48 heavy (non-hydrogen) atoms. The van der Waals surface area contributed by atoms with Crippen molar-refractivity contribution in [1.82, 2.24) is 14.4 Å². The summed E-state index contributed by atoms with van der Waals surface area (Å²) in [5, 5.41) is 12.4. The van der Waals surface area contributed by atoms with E-state index >= 15 is 0 Å². The summed E-state index contributed by atoms with van der Waals surface area (Å²) < 4.78 is 2.43. The third-order valence-electron chi connectivity index (χ3n) is 9.97. The topological polar surface area (TPSA) is 30.2 Å². The summed E-state index contributed by atoms with van der Waals surface area (Å²) in [5.74, 6) is 0. The standard InChI is InChI=1S/C45H33N3/c1-45(2,3)25-27-20-33-24-39(31-14-8-13-30(22-31)38-23-29-11-4-5-12-32(29)26-46-38)47-44-41(33)37(21-27)35-16-9-17-36-42-34-15-7-6-10-28(34)18-19-40(42)48(44)43(35)36/h4-24,26H,25H2,1-3H3. The first-order valence-corrected chi connectivity index (χ1v) is 16.8. The molecule has 10 aromatic rings. The quantitative estimate of drug-likeness (QED) is 0.146. The van der Waals surface area contributed by atoms with E-state index in [1.807, 2.05) is 6.20 Å². The fraction of sp³-hybridized carbons (Fsp3) is 0.111. The van der Waals surface area contributed by atoms with Gasteiger partial charge in [-0.3, -0.25) is 9.38 Å². The van der Waals surface area contributed by atoms with E-state index in [0.29, 0.717) is 0 Å². The van der Waals surface area contributed by atoms with E-state index in [2.05, 4.69) is 153 Å². The highest BCUT2D eigenvalue weighted by Gasteiger charge is 2.22. The molecule has 0 fully saturated rings. The Bertz CT molecular complexity index is 2900. The van der Waals surface area contributed by atoms with Gasteiger partial charge < -0.3 is 0 Å². The molecule has 4 aromatic heterocycles. The lowest BCUT2D eigenvalue weighted by Gasteiger charge is -2.20. The number of hydrogen-bond donors (Lipinski definition) is 0. The number of aromatic nitrogens is 3. The molecule has 0 spiro atoms. The first kappa shape index (κ1) is 27.3. The minimum Gasteiger partial charge on any atom is -0.293 e. The average Bonchev–Trinajstić information content (AvgIpc) is 3.45. The van der Waals surface area contributed by atoms with Gasteiger partial charge in [-0.15, -0.1) is 0 Å². The smallest absolute Gasteiger partial charge is 0.146 e. The van der Waals surface area contributed by atoms with Crippen LogP contribution < -0.4 is 0 Å². The highest BCUT2D eigenvalue weighted by molar-refractivity contribution is 6.30. The summed E-state index contributed by atoms with van der Waals surface area (Å²) in [5.41, 5.74) is 9.05. The van der Waals surface area contributed by atoms with E-state index in [1.54, 1.807) is 0 Å². The van der Waals surface area contributed by atoms with E-state index in [9.17, 15) is 0 Å². The van der Waals surface area contributed by atoms with Crippen molar-refractivity contribution in [3.8, 4) is 22.5 Å². The van der Waals surface area contributed by atoms with Gasteiger partial charge in [0, 0.05) is 44.3 Å². The molecule has 3 nitrogen and oxygen atoms in total. The van der Waals surface area contributed by atoms with Gasteiger partial charge >= 0.3 is 0 Å². The first-order valence-electron chi connectivity index (χ1n) is 16.8. The average molecular weight is 616 g/mol. The van der Waals surface area contributed by atoms with Crippen molar-refractivity contribution >= 4 is 70.5 Å². The second-order valence-corrected chi connectivity index (χ2v) is 14.5. The van der Waals surface area contributed by atoms with Crippen LogP contribution in [0.25, 0.3) is 93.1 Å². The Balaban J connectivity index is 1.31. The summed E-state index contributed by atoms with van der Waals surface area (Å²) in [7, 11) is 0. The molecule has 3 heteroatoms. The summed E-state index contributed by atoms with van der Waals surface area (Å²) in [4.78, 5) is 10.4. The Morgan fingerprint density at radius 1 is 0.542 bits per heavy atom. The van der Waals surface area contributed by atoms with Gasteiger partial charge in [-0.05, 0) is 68.6 Å². The predicted molar refractivity (Wildman–Crippen MR) is 203 cm³/mol. The SMILES string of the molecule is CC(C)(C)Cc1cc2cc(-c3cccc(-c4cc5ccccc5cn4)c3)nc3c2c(c1)c1cccc2c4c5ccccc5ccc4n3c12. The van der Waals surface area contributed by atoms with Crippen LogP contribution in [-0.2, 0) is 6.42 Å². The van der Waals surface area contributed by atoms with Gasteiger partial charge in [0.15, 0.2) is 0 Å². The van der Waals surface area contributed by atoms with Crippen LogP contribution in [0.1, 0.15) is 26.3 Å². The van der Waals surface area contributed by atoms with E-state index < -0.39 is 0 Å². The van der Waals surface area contributed by atoms with E-state index in [1.165, 1.54) is 65.1 Å². The molecule has 10 rings (SSSR count). The molecule has 0 aliphatic carbocycles. The Hall–Kier alpha value is -5.80. The highest BCUT2D eigenvalue weighted by atomic mass is 15.0. The zero-order valence-electron chi connectivity index (χ0n) is 27.3. The van der Waals surface area contributed by atoms with Crippen LogP contribution in [0.4, 0.5) is 0 Å². The van der Waals surface area contributed by atoms with Gasteiger partial charge in [-0.2, -0.15) is 0 Å². The summed E-state index contributed by atoms with van der Waals surface area (Å²) >= 11 is 0. The lowest BCUT2D eigenvalue weighted by Crippen LogP contribution is -2.09. The molecular formula is C45H33N3. The predicted octanol–water partition coefficient (Wildman–Crippen LogP) is 12.0. The van der Waals surface area contributed by atoms with Crippen LogP contribution in [0.5, 0.6) is 0 Å². The van der Waals surface area contributed by atoms with Gasteiger partial charge in [-0.1, -0.05) is 124 Å². The maximum atomic E-state index is 5.56. The van der Waals surface area contributed by atoms with Gasteiger partial charge in [-0.25, -0.2) is 4.98 Å². The normalized spacial score (nSPS) is 12.6. The van der Waals surface area contributed by atoms with Crippen molar-refractivity contribution in [1.29, 1.82) is 0 Å². The molecule has 0 amide bonds. The Morgan fingerprint density at radius 3 is 2.10 bits per heavy atom. The van der Waals surface area contributed by atoms with Crippen LogP contribution >= 0.6 is 0 Å². The number of nitrogens with zero attached hydrogens (tertiary/aromatic N) is 3. The second kappa shape index (κ2) is 9.85. The van der Waals surface area contributed by atoms with Crippen LogP contribution in [0, 0.1) is 5.41 Å². The van der Waals surface area contributed by atoms with Gasteiger partial charge in [0.05, 0.1) is 22.4 Å². The monoisotopic (exact) mass is 615 g/mol. The molecule has 0 aliphatic heterocycles. The van der Waals surface area contributed by atoms with Crippen molar-refractivity contribution in [2.75, 3.05) is 0 Å². The molecule has 0 unspecified atom stereocenters. The van der Waals surface area contributed by atoms with Gasteiger partial charge in [0.2, 0.25) is 0 Å². The lowest BCUT2D eigenvalue weighted by molar-refractivity contribution is 0.411. The van der Waals surface area contributed by atoms with E-state index in [0.717, 1.165) is 40.0 Å². The Morgan fingerprint density at radius 2 is 1.25 bits per heavy atom. The fourth-order valence-electron chi connectivity index (χ4n) is 8.03. The van der Waals surface area contributed by atoms with E-state index in [4.69, 9.17) is 9.97 Å². The van der Waals surface area contributed by atoms with Crippen LogP contribution in [0.2, 0.25) is 0 Å². The summed E-state index contributed by atoms with van der Waals surface area (Å²) in [6.07, 6.45) is 2.97. The van der Waals surface area contributed by atoms with Crippen LogP contribution in [0.3, 0.4) is 0 Å². The van der Waals surface area contributed by atoms with Crippen molar-refractivity contribution in [2.45, 2.75) is 27.2 Å². The maximum absolute atomic E-state index is 5.56. The third kappa shape index (κ3) is 4.07. The van der Waals surface area contributed by atoms with Crippen LogP contribution in [0.15, 0.2) is 134 Å². The molecule has 0 aliphatic rings. The molecule has 0 bridgehead atoms. The minimum atomic E-state index is 0.161. The second-order valence-electron chi connectivity index (χ2n) is 14.5. The molecule has 6 aromatic carbocycles. The number of rotatable bonds is 3. The first-order chi connectivity index (χ1) is 23.4. The minimum absolute atomic E-state index is 0.161. The van der Waals surface area contributed by atoms with Crippen molar-refractivity contribution in [3.05, 3.63) is 139 Å². The number of para-hydroxylation sites is 1. The van der Waals surface area contributed by atoms with Crippen molar-refractivity contribution < 1.29 is 0 Å². The molecule has 0 saturated carbocycles. The van der Waals surface area contributed by atoms with Crippen molar-refractivity contribution in [2.24, 2.45) is 5.41 Å². The largest absolute Gasteiger partial charge is 0.293 e. The Labute approximate surface area is 278 Å². The lowest BCUT2D eigenvalue weighted by atomic mass is 9.86. The zero-order chi connectivity index (χ0) is 32.1. The molecule has 0 atom stereocenters. The van der Waals surface area contributed by atoms with Gasteiger partial charge in [0.1, 0.15) is 5.65 Å².